The number of aliphatic hydroxyl groups is 2. The van der Waals surface area contributed by atoms with Crippen LogP contribution in [0.3, 0.4) is 0 Å². The molecule has 2 atom stereocenters. The third-order valence-corrected chi connectivity index (χ3v) is 2.17. The van der Waals surface area contributed by atoms with Crippen LogP contribution in [-0.4, -0.2) is 34.3 Å². The number of hydrogen-bond donors (Lipinski definition) is 3. The Balaban J connectivity index is 2.66. The van der Waals surface area contributed by atoms with Gasteiger partial charge in [0.05, 0.1) is 5.97 Å². The first-order valence-electron chi connectivity index (χ1n) is 4.55. The first-order valence-corrected chi connectivity index (χ1v) is 4.93. The third-order valence-electron chi connectivity index (χ3n) is 1.92. The maximum absolute atomic E-state index is 11.3. The summed E-state index contributed by atoms with van der Waals surface area (Å²) in [5.41, 5.74) is 0.309. The Labute approximate surface area is 101 Å². The molecule has 0 saturated carbocycles. The second-order valence-electron chi connectivity index (χ2n) is 3.20. The van der Waals surface area contributed by atoms with E-state index >= 15 is 0 Å². The van der Waals surface area contributed by atoms with Crippen molar-refractivity contribution in [1.82, 2.24) is 0 Å². The second kappa shape index (κ2) is 5.62. The van der Waals surface area contributed by atoms with E-state index in [1.165, 1.54) is 24.3 Å². The maximum Gasteiger partial charge on any atom is 0.256 e. The highest BCUT2D eigenvalue weighted by Crippen LogP contribution is 2.13. The number of carboxylic acid groups (broad SMARTS) is 1. The van der Waals surface area contributed by atoms with Gasteiger partial charge in [0.25, 0.3) is 5.91 Å². The van der Waals surface area contributed by atoms with Gasteiger partial charge in [0.1, 0.15) is 6.10 Å². The Bertz CT molecular complexity index is 419. The number of anilines is 1. The summed E-state index contributed by atoms with van der Waals surface area (Å²) in [5.74, 6) is -2.98. The monoisotopic (exact) mass is 258 g/mol. The van der Waals surface area contributed by atoms with Crippen molar-refractivity contribution in [3.63, 3.8) is 0 Å². The molecule has 1 rings (SSSR count). The number of nitrogens with one attached hydrogen (secondary N) is 1. The number of hydrogen-bond acceptors (Lipinski definition) is 5. The predicted octanol–water partition coefficient (Wildman–Crippen LogP) is -1.25. The molecule has 0 fully saturated rings. The van der Waals surface area contributed by atoms with Crippen LogP contribution in [0.4, 0.5) is 5.69 Å². The molecule has 6 nitrogen and oxygen atoms in total. The van der Waals surface area contributed by atoms with Crippen LogP contribution in [0.2, 0.25) is 5.02 Å². The number of amides is 1. The molecule has 0 unspecified atom stereocenters. The van der Waals surface area contributed by atoms with Crippen LogP contribution in [-0.2, 0) is 9.59 Å². The van der Waals surface area contributed by atoms with Gasteiger partial charge in [0, 0.05) is 10.7 Å². The Morgan fingerprint density at radius 3 is 2.18 bits per heavy atom. The summed E-state index contributed by atoms with van der Waals surface area (Å²) in [4.78, 5) is 21.5. The molecule has 0 heterocycles. The highest BCUT2D eigenvalue weighted by Gasteiger charge is 2.25. The number of aliphatic carboxylic acids is 1. The van der Waals surface area contributed by atoms with Crippen molar-refractivity contribution in [3.05, 3.63) is 29.3 Å². The fraction of sp³-hybridized carbons (Fsp3) is 0.200. The van der Waals surface area contributed by atoms with Crippen LogP contribution in [0.25, 0.3) is 0 Å². The highest BCUT2D eigenvalue weighted by atomic mass is 35.5. The number of carbonyl (C=O) groups is 2. The summed E-state index contributed by atoms with van der Waals surface area (Å²) in [6.45, 7) is 0. The molecule has 0 spiro atoms. The zero-order valence-electron chi connectivity index (χ0n) is 8.46. The average molecular weight is 259 g/mol. The van der Waals surface area contributed by atoms with E-state index in [1.807, 2.05) is 0 Å². The minimum absolute atomic E-state index is 0.309. The van der Waals surface area contributed by atoms with Gasteiger partial charge in [0.15, 0.2) is 6.10 Å². The molecule has 1 aromatic carbocycles. The fourth-order valence-corrected chi connectivity index (χ4v) is 1.15. The molecule has 0 aromatic heterocycles. The molecule has 0 saturated heterocycles. The zero-order valence-corrected chi connectivity index (χ0v) is 9.22. The van der Waals surface area contributed by atoms with Crippen molar-refractivity contribution in [2.45, 2.75) is 12.2 Å². The standard InChI is InChI=1S/C10H10ClNO5/c11-5-1-3-6(4-2-5)12-9(15)7(13)8(14)10(16)17/h1-4,7-8,13-14H,(H,12,15)(H,16,17)/p-1/t7-,8-/m0/s1. The lowest BCUT2D eigenvalue weighted by molar-refractivity contribution is -0.317. The van der Waals surface area contributed by atoms with E-state index in [4.69, 9.17) is 21.8 Å². The van der Waals surface area contributed by atoms with Gasteiger partial charge in [-0.2, -0.15) is 0 Å². The first-order chi connectivity index (χ1) is 7.91. The van der Waals surface area contributed by atoms with E-state index in [0.717, 1.165) is 0 Å². The Kier molecular flexibility index (Phi) is 4.45. The van der Waals surface area contributed by atoms with Crippen molar-refractivity contribution in [2.24, 2.45) is 0 Å². The lowest BCUT2D eigenvalue weighted by atomic mass is 10.2. The molecule has 0 aliphatic carbocycles. The van der Waals surface area contributed by atoms with Gasteiger partial charge in [-0.3, -0.25) is 4.79 Å². The molecule has 92 valence electrons. The summed E-state index contributed by atoms with van der Waals surface area (Å²) in [7, 11) is 0. The van der Waals surface area contributed by atoms with Gasteiger partial charge >= 0.3 is 0 Å². The molecule has 0 radical (unpaired) electrons. The molecule has 0 bridgehead atoms. The quantitative estimate of drug-likeness (QED) is 0.625. The van der Waals surface area contributed by atoms with Crippen LogP contribution in [0.15, 0.2) is 24.3 Å². The highest BCUT2D eigenvalue weighted by molar-refractivity contribution is 6.30. The van der Waals surface area contributed by atoms with Crippen molar-refractivity contribution < 1.29 is 24.9 Å². The van der Waals surface area contributed by atoms with Crippen LogP contribution in [0, 0.1) is 0 Å². The number of aliphatic hydroxyl groups excluding tert-OH is 2. The van der Waals surface area contributed by atoms with E-state index in [2.05, 4.69) is 5.32 Å². The van der Waals surface area contributed by atoms with Gasteiger partial charge in [0.2, 0.25) is 0 Å². The van der Waals surface area contributed by atoms with E-state index < -0.39 is 24.1 Å². The second-order valence-corrected chi connectivity index (χ2v) is 3.64. The normalized spacial score (nSPS) is 13.8. The van der Waals surface area contributed by atoms with Gasteiger partial charge < -0.3 is 25.4 Å². The summed E-state index contributed by atoms with van der Waals surface area (Å²) in [5, 5.41) is 30.9. The predicted molar refractivity (Wildman–Crippen MR) is 57.1 cm³/mol. The van der Waals surface area contributed by atoms with Crippen LogP contribution in [0.1, 0.15) is 0 Å². The number of benzene rings is 1. The minimum Gasteiger partial charge on any atom is -0.547 e. The molecule has 7 heteroatoms. The average Bonchev–Trinajstić information content (AvgIpc) is 2.30. The minimum atomic E-state index is -2.28. The van der Waals surface area contributed by atoms with Crippen LogP contribution in [0.5, 0.6) is 0 Å². The van der Waals surface area contributed by atoms with Gasteiger partial charge in [-0.1, -0.05) is 11.6 Å². The van der Waals surface area contributed by atoms with Gasteiger partial charge in [-0.15, -0.1) is 0 Å². The van der Waals surface area contributed by atoms with Crippen molar-refractivity contribution >= 4 is 29.2 Å². The summed E-state index contributed by atoms with van der Waals surface area (Å²) >= 11 is 5.61. The molecule has 0 aliphatic rings. The summed E-state index contributed by atoms with van der Waals surface area (Å²) < 4.78 is 0. The van der Waals surface area contributed by atoms with Crippen LogP contribution < -0.4 is 10.4 Å². The smallest absolute Gasteiger partial charge is 0.256 e. The molecular weight excluding hydrogens is 250 g/mol. The van der Waals surface area contributed by atoms with Gasteiger partial charge in [-0.05, 0) is 24.3 Å². The largest absolute Gasteiger partial charge is 0.547 e. The molecule has 1 amide bonds. The molecule has 0 aliphatic heterocycles. The topological polar surface area (TPSA) is 110 Å². The SMILES string of the molecule is O=C([O-])[C@@H](O)[C@H](O)C(=O)Nc1ccc(Cl)cc1. The van der Waals surface area contributed by atoms with Crippen molar-refractivity contribution in [1.29, 1.82) is 0 Å². The van der Waals surface area contributed by atoms with E-state index in [9.17, 15) is 14.7 Å². The molecule has 17 heavy (non-hydrogen) atoms. The molecule has 3 N–H and O–H groups in total. The number of halogens is 1. The summed E-state index contributed by atoms with van der Waals surface area (Å²) in [6.07, 6.45) is -4.38. The lowest BCUT2D eigenvalue weighted by Gasteiger charge is -2.17. The maximum atomic E-state index is 11.3. The lowest BCUT2D eigenvalue weighted by Crippen LogP contribution is -2.48. The van der Waals surface area contributed by atoms with Gasteiger partial charge in [-0.25, -0.2) is 0 Å². The van der Waals surface area contributed by atoms with Crippen molar-refractivity contribution in [3.8, 4) is 0 Å². The van der Waals surface area contributed by atoms with Crippen molar-refractivity contribution in [2.75, 3.05) is 5.32 Å². The fourth-order valence-electron chi connectivity index (χ4n) is 1.02. The number of carboxylic acids is 1. The Hall–Kier alpha value is -1.63. The third kappa shape index (κ3) is 3.70. The van der Waals surface area contributed by atoms with Crippen LogP contribution >= 0.6 is 11.6 Å². The number of carbonyl (C=O) groups excluding carboxylic acids is 2. The van der Waals surface area contributed by atoms with E-state index in [1.54, 1.807) is 0 Å². The first kappa shape index (κ1) is 13.4. The Morgan fingerprint density at radius 2 is 1.71 bits per heavy atom. The molecule has 1 aromatic rings. The Morgan fingerprint density at radius 1 is 1.18 bits per heavy atom. The van der Waals surface area contributed by atoms with E-state index in [0.29, 0.717) is 10.7 Å². The molecular formula is C10H9ClNO5-. The summed E-state index contributed by atoms with van der Waals surface area (Å²) in [6, 6.07) is 5.91. The van der Waals surface area contributed by atoms with E-state index in [-0.39, 0.29) is 0 Å². The number of rotatable bonds is 4. The zero-order chi connectivity index (χ0) is 13.0.